The molecule has 0 radical (unpaired) electrons. The van der Waals surface area contributed by atoms with Crippen molar-refractivity contribution in [3.8, 4) is 44.5 Å². The highest BCUT2D eigenvalue weighted by atomic mass is 15.2. The molecular formula is C61H57BN2. The monoisotopic (exact) mass is 828 g/mol. The lowest BCUT2D eigenvalue weighted by molar-refractivity contribution is 0.590. The van der Waals surface area contributed by atoms with Crippen molar-refractivity contribution in [1.29, 1.82) is 0 Å². The van der Waals surface area contributed by atoms with E-state index in [9.17, 15) is 0 Å². The van der Waals surface area contributed by atoms with Gasteiger partial charge in [-0.15, -0.1) is 0 Å². The van der Waals surface area contributed by atoms with E-state index >= 15 is 0 Å². The number of nitrogens with zero attached hydrogens (tertiary/aromatic N) is 2. The van der Waals surface area contributed by atoms with Gasteiger partial charge in [0, 0.05) is 39.3 Å². The Kier molecular flexibility index (Phi) is 8.93. The lowest BCUT2D eigenvalue weighted by Gasteiger charge is -2.47. The maximum Gasteiger partial charge on any atom is 0.333 e. The summed E-state index contributed by atoms with van der Waals surface area (Å²) in [6.07, 6.45) is 0. The van der Waals surface area contributed by atoms with E-state index < -0.39 is 0 Å². The number of aryl methyl sites for hydroxylation is 2. The van der Waals surface area contributed by atoms with E-state index in [2.05, 4.69) is 243 Å². The Morgan fingerprint density at radius 3 is 1.81 bits per heavy atom. The summed E-state index contributed by atoms with van der Waals surface area (Å²) in [5.74, 6) is 0. The Morgan fingerprint density at radius 2 is 1.11 bits per heavy atom. The van der Waals surface area contributed by atoms with Crippen LogP contribution >= 0.6 is 0 Å². The zero-order chi connectivity index (χ0) is 44.4. The van der Waals surface area contributed by atoms with Crippen molar-refractivity contribution in [1.82, 2.24) is 0 Å². The molecule has 8 aromatic carbocycles. The van der Waals surface area contributed by atoms with Crippen molar-refractivity contribution >= 4 is 46.2 Å². The quantitative estimate of drug-likeness (QED) is 0.163. The van der Waals surface area contributed by atoms with Gasteiger partial charge >= 0.3 is 6.85 Å². The van der Waals surface area contributed by atoms with Crippen molar-refractivity contribution in [2.45, 2.75) is 85.5 Å². The largest absolute Gasteiger partial charge is 0.376 e. The molecule has 0 aromatic heterocycles. The summed E-state index contributed by atoms with van der Waals surface area (Å²) in [7, 11) is 0. The fraction of sp³-hybridized carbons (Fsp3) is 0.213. The molecule has 11 rings (SSSR count). The fourth-order valence-electron chi connectivity index (χ4n) is 11.4. The summed E-state index contributed by atoms with van der Waals surface area (Å²) in [5, 5.41) is 0. The minimum Gasteiger partial charge on any atom is -0.376 e. The van der Waals surface area contributed by atoms with Gasteiger partial charge in [0.25, 0.3) is 0 Å². The van der Waals surface area contributed by atoms with E-state index in [0.29, 0.717) is 0 Å². The Balaban J connectivity index is 1.32. The minimum atomic E-state index is -0.274. The van der Waals surface area contributed by atoms with Gasteiger partial charge in [-0.1, -0.05) is 177 Å². The van der Waals surface area contributed by atoms with Gasteiger partial charge in [-0.2, -0.15) is 0 Å². The SMILES string of the molecule is Cc1cccc(C)c1-c1cc2c3c(c1)N(c1ccc(C(C)(C)C)cc1-c1ccccc1)c1c(ccc4c1C(C)(C)c1ccccc1-4)B3N(c1ccc(C(C)(C)C)cc1)c1ccccc1-2. The molecule has 0 N–H and O–H groups in total. The molecule has 1 aliphatic carbocycles. The molecule has 0 bridgehead atoms. The number of fused-ring (bicyclic) bond motifs is 8. The van der Waals surface area contributed by atoms with Crippen LogP contribution in [0.1, 0.15) is 88.8 Å². The molecule has 0 unspecified atom stereocenters. The normalized spacial score (nSPS) is 14.4. The van der Waals surface area contributed by atoms with Gasteiger partial charge in [0.05, 0.1) is 5.69 Å². The van der Waals surface area contributed by atoms with Crippen LogP contribution in [0.3, 0.4) is 0 Å². The van der Waals surface area contributed by atoms with Crippen LogP contribution in [0, 0.1) is 13.8 Å². The van der Waals surface area contributed by atoms with Crippen LogP contribution in [-0.4, -0.2) is 6.85 Å². The zero-order valence-corrected chi connectivity index (χ0v) is 39.1. The number of hydrogen-bond donors (Lipinski definition) is 0. The topological polar surface area (TPSA) is 6.48 Å². The van der Waals surface area contributed by atoms with Crippen LogP contribution in [0.4, 0.5) is 28.4 Å². The Hall–Kier alpha value is -6.58. The fourth-order valence-corrected chi connectivity index (χ4v) is 11.4. The van der Waals surface area contributed by atoms with Gasteiger partial charge < -0.3 is 9.71 Å². The van der Waals surface area contributed by atoms with Crippen molar-refractivity contribution in [3.05, 3.63) is 197 Å². The molecule has 314 valence electrons. The summed E-state index contributed by atoms with van der Waals surface area (Å²) in [6.45, 7) is 23.2. The molecule has 0 fully saturated rings. The summed E-state index contributed by atoms with van der Waals surface area (Å²) >= 11 is 0. The predicted octanol–water partition coefficient (Wildman–Crippen LogP) is 15.2. The second-order valence-corrected chi connectivity index (χ2v) is 21.1. The van der Waals surface area contributed by atoms with Crippen molar-refractivity contribution in [3.63, 3.8) is 0 Å². The van der Waals surface area contributed by atoms with Crippen LogP contribution < -0.4 is 20.6 Å². The van der Waals surface area contributed by atoms with E-state index in [4.69, 9.17) is 0 Å². The molecule has 0 saturated heterocycles. The average Bonchev–Trinajstić information content (AvgIpc) is 3.52. The molecule has 0 saturated carbocycles. The first-order valence-corrected chi connectivity index (χ1v) is 23.1. The average molecular weight is 829 g/mol. The van der Waals surface area contributed by atoms with E-state index in [-0.39, 0.29) is 23.1 Å². The molecule has 8 aromatic rings. The molecule has 3 heteroatoms. The molecule has 2 heterocycles. The third-order valence-corrected chi connectivity index (χ3v) is 14.6. The summed E-state index contributed by atoms with van der Waals surface area (Å²) in [6, 6.07) is 62.7. The second kappa shape index (κ2) is 14.2. The van der Waals surface area contributed by atoms with Gasteiger partial charge in [0.15, 0.2) is 0 Å². The van der Waals surface area contributed by atoms with Crippen LogP contribution in [0.15, 0.2) is 164 Å². The van der Waals surface area contributed by atoms with Crippen LogP contribution in [0.2, 0.25) is 0 Å². The van der Waals surface area contributed by atoms with Crippen LogP contribution in [-0.2, 0) is 16.2 Å². The minimum absolute atomic E-state index is 0.0357. The first-order chi connectivity index (χ1) is 30.6. The molecule has 0 spiro atoms. The number of anilines is 5. The molecule has 2 aliphatic heterocycles. The number of para-hydroxylation sites is 1. The van der Waals surface area contributed by atoms with Crippen molar-refractivity contribution in [2.24, 2.45) is 0 Å². The third kappa shape index (κ3) is 6.00. The summed E-state index contributed by atoms with van der Waals surface area (Å²) in [4.78, 5) is 5.36. The zero-order valence-electron chi connectivity index (χ0n) is 39.1. The van der Waals surface area contributed by atoms with Crippen molar-refractivity contribution in [2.75, 3.05) is 9.71 Å². The first-order valence-electron chi connectivity index (χ1n) is 23.1. The highest BCUT2D eigenvalue weighted by molar-refractivity contribution is 6.93. The highest BCUT2D eigenvalue weighted by Crippen LogP contribution is 2.57. The Labute approximate surface area is 381 Å². The maximum absolute atomic E-state index is 2.71. The van der Waals surface area contributed by atoms with Gasteiger partial charge in [-0.25, -0.2) is 0 Å². The molecule has 2 nitrogen and oxygen atoms in total. The lowest BCUT2D eigenvalue weighted by Crippen LogP contribution is -2.62. The molecular weight excluding hydrogens is 771 g/mol. The molecule has 0 amide bonds. The van der Waals surface area contributed by atoms with Gasteiger partial charge in [-0.05, 0) is 145 Å². The van der Waals surface area contributed by atoms with E-state index in [1.165, 1.54) is 117 Å². The van der Waals surface area contributed by atoms with Gasteiger partial charge in [0.1, 0.15) is 0 Å². The third-order valence-electron chi connectivity index (χ3n) is 14.6. The molecule has 0 atom stereocenters. The highest BCUT2D eigenvalue weighted by Gasteiger charge is 2.49. The smallest absolute Gasteiger partial charge is 0.333 e. The van der Waals surface area contributed by atoms with Crippen LogP contribution in [0.5, 0.6) is 0 Å². The Morgan fingerprint density at radius 1 is 0.469 bits per heavy atom. The summed E-state index contributed by atoms with van der Waals surface area (Å²) in [5.41, 5.74) is 26.7. The van der Waals surface area contributed by atoms with E-state index in [1.807, 2.05) is 0 Å². The van der Waals surface area contributed by atoms with Gasteiger partial charge in [-0.3, -0.25) is 0 Å². The van der Waals surface area contributed by atoms with E-state index in [1.54, 1.807) is 0 Å². The first kappa shape index (κ1) is 40.2. The molecule has 3 aliphatic rings. The standard InChI is InChI=1S/C61H57BN2/c1-38-19-18-20-39(2)55(38)41-35-49-46-24-15-17-26-53(46)64(44-30-27-42(28-31-44)59(3,4)5)62-51-33-32-47-45-23-14-16-25-50(45)61(9,10)56(47)58(51)63(54(36-41)57(49)62)52-34-29-43(60(6,7)8)37-48(52)40-21-12-11-13-22-40/h11-37H,1-10H3. The molecule has 64 heavy (non-hydrogen) atoms. The number of benzene rings is 8. The lowest BCUT2D eigenvalue weighted by atomic mass is 9.43. The van der Waals surface area contributed by atoms with Crippen LogP contribution in [0.25, 0.3) is 44.5 Å². The van der Waals surface area contributed by atoms with Crippen molar-refractivity contribution < 1.29 is 0 Å². The number of hydrogen-bond acceptors (Lipinski definition) is 2. The second-order valence-electron chi connectivity index (χ2n) is 21.1. The maximum atomic E-state index is 2.71. The predicted molar refractivity (Wildman–Crippen MR) is 275 cm³/mol. The summed E-state index contributed by atoms with van der Waals surface area (Å²) < 4.78 is 0. The van der Waals surface area contributed by atoms with Gasteiger partial charge in [0.2, 0.25) is 0 Å². The Bertz CT molecular complexity index is 3160. The van der Waals surface area contributed by atoms with E-state index in [0.717, 1.165) is 0 Å². The number of rotatable bonds is 4.